The van der Waals surface area contributed by atoms with Gasteiger partial charge in [-0.05, 0) is 24.6 Å². The summed E-state index contributed by atoms with van der Waals surface area (Å²) in [6.07, 6.45) is -1.58. The third kappa shape index (κ3) is 1.81. The summed E-state index contributed by atoms with van der Waals surface area (Å²) in [6.45, 7) is 1.19. The van der Waals surface area contributed by atoms with Gasteiger partial charge in [-0.25, -0.2) is 4.39 Å². The van der Waals surface area contributed by atoms with Gasteiger partial charge in [0.05, 0.1) is 0 Å². The molecule has 1 rings (SSSR count). The summed E-state index contributed by atoms with van der Waals surface area (Å²) < 4.78 is 13.0. The van der Waals surface area contributed by atoms with Gasteiger partial charge in [0.1, 0.15) is 5.75 Å². The number of benzene rings is 1. The van der Waals surface area contributed by atoms with Crippen LogP contribution in [0.15, 0.2) is 24.3 Å². The summed E-state index contributed by atoms with van der Waals surface area (Å²) in [6, 6.07) is 5.48. The molecule has 2 nitrogen and oxygen atoms in total. The summed E-state index contributed by atoms with van der Waals surface area (Å²) in [5, 5.41) is 8.87. The largest absolute Gasteiger partial charge is 0.508 e. The molecule has 0 saturated heterocycles. The Balaban J connectivity index is 2.89. The Kier molecular flexibility index (Phi) is 2.43. The quantitative estimate of drug-likeness (QED) is 0.733. The van der Waals surface area contributed by atoms with E-state index in [2.05, 4.69) is 0 Å². The van der Waals surface area contributed by atoms with Crippen molar-refractivity contribution in [1.82, 2.24) is 0 Å². The monoisotopic (exact) mass is 168 g/mol. The van der Waals surface area contributed by atoms with Crippen molar-refractivity contribution in [3.63, 3.8) is 0 Å². The van der Waals surface area contributed by atoms with Crippen LogP contribution in [0.4, 0.5) is 4.39 Å². The van der Waals surface area contributed by atoms with E-state index >= 15 is 0 Å². The standard InChI is InChI=1S/C9H9FO2/c1-6(11)9(10)7-2-4-8(12)5-3-7/h2-5,9,12H,1H3. The van der Waals surface area contributed by atoms with Crippen LogP contribution in [0.3, 0.4) is 0 Å². The highest BCUT2D eigenvalue weighted by Gasteiger charge is 2.13. The molecule has 12 heavy (non-hydrogen) atoms. The fourth-order valence-electron chi connectivity index (χ4n) is 0.878. The summed E-state index contributed by atoms with van der Waals surface area (Å²) in [5.74, 6) is -0.463. The summed E-state index contributed by atoms with van der Waals surface area (Å²) in [4.78, 5) is 10.6. The molecule has 0 aliphatic rings. The molecule has 1 atom stereocenters. The molecule has 0 aromatic heterocycles. The number of hydrogen-bond donors (Lipinski definition) is 1. The van der Waals surface area contributed by atoms with Gasteiger partial charge in [-0.3, -0.25) is 4.79 Å². The molecule has 0 aliphatic carbocycles. The van der Waals surface area contributed by atoms with Crippen LogP contribution in [0.1, 0.15) is 18.7 Å². The zero-order valence-electron chi connectivity index (χ0n) is 6.62. The second-order valence-electron chi connectivity index (χ2n) is 2.56. The Bertz CT molecular complexity index is 279. The molecule has 0 amide bonds. The van der Waals surface area contributed by atoms with Gasteiger partial charge < -0.3 is 5.11 Å². The van der Waals surface area contributed by atoms with E-state index in [-0.39, 0.29) is 11.3 Å². The molecule has 0 fully saturated rings. The van der Waals surface area contributed by atoms with E-state index in [0.717, 1.165) is 0 Å². The Morgan fingerprint density at radius 2 is 1.92 bits per heavy atom. The number of carbonyl (C=O) groups excluding carboxylic acids is 1. The first-order valence-corrected chi connectivity index (χ1v) is 3.54. The van der Waals surface area contributed by atoms with Crippen molar-refractivity contribution in [1.29, 1.82) is 0 Å². The Labute approximate surface area is 69.6 Å². The average Bonchev–Trinajstić information content (AvgIpc) is 2.04. The number of hydrogen-bond acceptors (Lipinski definition) is 2. The Morgan fingerprint density at radius 1 is 1.42 bits per heavy atom. The maximum absolute atomic E-state index is 13.0. The smallest absolute Gasteiger partial charge is 0.183 e. The van der Waals surface area contributed by atoms with Crippen molar-refractivity contribution in [2.45, 2.75) is 13.1 Å². The number of rotatable bonds is 2. The first-order valence-electron chi connectivity index (χ1n) is 3.54. The first kappa shape index (κ1) is 8.71. The number of alkyl halides is 1. The first-order chi connectivity index (χ1) is 5.61. The fourth-order valence-corrected chi connectivity index (χ4v) is 0.878. The maximum Gasteiger partial charge on any atom is 0.183 e. The SMILES string of the molecule is CC(=O)C(F)c1ccc(O)cc1. The van der Waals surface area contributed by atoms with Gasteiger partial charge >= 0.3 is 0 Å². The van der Waals surface area contributed by atoms with Crippen LogP contribution in [0.25, 0.3) is 0 Å². The lowest BCUT2D eigenvalue weighted by Crippen LogP contribution is -2.01. The van der Waals surface area contributed by atoms with Gasteiger partial charge in [0.15, 0.2) is 12.0 Å². The summed E-state index contributed by atoms with van der Waals surface area (Å²) >= 11 is 0. The number of aromatic hydroxyl groups is 1. The Morgan fingerprint density at radius 3 is 2.33 bits per heavy atom. The second-order valence-corrected chi connectivity index (χ2v) is 2.56. The van der Waals surface area contributed by atoms with Gasteiger partial charge in [-0.1, -0.05) is 12.1 Å². The summed E-state index contributed by atoms with van der Waals surface area (Å²) in [5.41, 5.74) is 0.278. The lowest BCUT2D eigenvalue weighted by molar-refractivity contribution is -0.121. The van der Waals surface area contributed by atoms with Crippen LogP contribution in [0.5, 0.6) is 5.75 Å². The van der Waals surface area contributed by atoms with Crippen LogP contribution < -0.4 is 0 Å². The number of halogens is 1. The number of Topliss-reactive ketones (excluding diaryl/α,β-unsaturated/α-hetero) is 1. The van der Waals surface area contributed by atoms with Crippen LogP contribution in [-0.4, -0.2) is 10.9 Å². The van der Waals surface area contributed by atoms with Crippen molar-refractivity contribution >= 4 is 5.78 Å². The van der Waals surface area contributed by atoms with Gasteiger partial charge in [0.2, 0.25) is 0 Å². The zero-order chi connectivity index (χ0) is 9.14. The maximum atomic E-state index is 13.0. The normalized spacial score (nSPS) is 12.5. The van der Waals surface area contributed by atoms with Gasteiger partial charge in [0.25, 0.3) is 0 Å². The molecule has 0 bridgehead atoms. The molecule has 1 N–H and O–H groups in total. The van der Waals surface area contributed by atoms with Crippen molar-refractivity contribution in [2.24, 2.45) is 0 Å². The van der Waals surface area contributed by atoms with Crippen LogP contribution in [0.2, 0.25) is 0 Å². The lowest BCUT2D eigenvalue weighted by Gasteiger charge is -2.03. The summed E-state index contributed by atoms with van der Waals surface area (Å²) in [7, 11) is 0. The molecule has 0 radical (unpaired) electrons. The molecule has 1 aromatic carbocycles. The molecule has 0 spiro atoms. The van der Waals surface area contributed by atoms with Gasteiger partial charge in [0, 0.05) is 0 Å². The molecule has 0 heterocycles. The van der Waals surface area contributed by atoms with Crippen molar-refractivity contribution in [2.75, 3.05) is 0 Å². The number of phenols is 1. The highest BCUT2D eigenvalue weighted by molar-refractivity contribution is 5.81. The van der Waals surface area contributed by atoms with E-state index in [1.54, 1.807) is 0 Å². The molecular formula is C9H9FO2. The van der Waals surface area contributed by atoms with Gasteiger partial charge in [-0.15, -0.1) is 0 Å². The minimum absolute atomic E-state index is 0.0644. The molecule has 0 aliphatic heterocycles. The topological polar surface area (TPSA) is 37.3 Å². The number of phenolic OH excluding ortho intramolecular Hbond substituents is 1. The molecule has 1 unspecified atom stereocenters. The molecule has 1 aromatic rings. The van der Waals surface area contributed by atoms with Gasteiger partial charge in [-0.2, -0.15) is 0 Å². The zero-order valence-corrected chi connectivity index (χ0v) is 6.62. The van der Waals surface area contributed by atoms with E-state index in [1.807, 2.05) is 0 Å². The third-order valence-corrected chi connectivity index (χ3v) is 1.54. The van der Waals surface area contributed by atoms with Crippen molar-refractivity contribution < 1.29 is 14.3 Å². The second kappa shape index (κ2) is 3.34. The molecule has 64 valence electrons. The minimum atomic E-state index is -1.58. The predicted octanol–water partition coefficient (Wildman–Crippen LogP) is 1.99. The van der Waals surface area contributed by atoms with Crippen LogP contribution in [0, 0.1) is 0 Å². The van der Waals surface area contributed by atoms with E-state index in [0.29, 0.717) is 0 Å². The average molecular weight is 168 g/mol. The fraction of sp³-hybridized carbons (Fsp3) is 0.222. The minimum Gasteiger partial charge on any atom is -0.508 e. The van der Waals surface area contributed by atoms with E-state index < -0.39 is 12.0 Å². The molecule has 0 saturated carbocycles. The predicted molar refractivity (Wildman–Crippen MR) is 42.6 cm³/mol. The van der Waals surface area contributed by atoms with Crippen molar-refractivity contribution in [3.05, 3.63) is 29.8 Å². The van der Waals surface area contributed by atoms with Crippen LogP contribution >= 0.6 is 0 Å². The number of ketones is 1. The molecular weight excluding hydrogens is 159 g/mol. The Hall–Kier alpha value is -1.38. The van der Waals surface area contributed by atoms with E-state index in [9.17, 15) is 9.18 Å². The van der Waals surface area contributed by atoms with Crippen LogP contribution in [-0.2, 0) is 4.79 Å². The molecule has 3 heteroatoms. The van der Waals surface area contributed by atoms with E-state index in [1.165, 1.54) is 31.2 Å². The third-order valence-electron chi connectivity index (χ3n) is 1.54. The highest BCUT2D eigenvalue weighted by Crippen LogP contribution is 2.20. The number of carbonyl (C=O) groups is 1. The lowest BCUT2D eigenvalue weighted by atomic mass is 10.1. The highest BCUT2D eigenvalue weighted by atomic mass is 19.1. The van der Waals surface area contributed by atoms with E-state index in [4.69, 9.17) is 5.11 Å². The van der Waals surface area contributed by atoms with Crippen molar-refractivity contribution in [3.8, 4) is 5.75 Å².